The van der Waals surface area contributed by atoms with Gasteiger partial charge in [0.2, 0.25) is 23.5 Å². The fourth-order valence-corrected chi connectivity index (χ4v) is 4.30. The topological polar surface area (TPSA) is 88.5 Å². The molecule has 0 fully saturated rings. The first-order chi connectivity index (χ1) is 18.5. The zero-order valence-electron chi connectivity index (χ0n) is 20.5. The van der Waals surface area contributed by atoms with E-state index in [1.807, 2.05) is 62.4 Å². The van der Waals surface area contributed by atoms with Crippen LogP contribution in [0, 0.1) is 13.8 Å². The normalized spacial score (nSPS) is 12.3. The Morgan fingerprint density at radius 2 is 0.684 bits per heavy atom. The van der Waals surface area contributed by atoms with Crippen LogP contribution < -0.4 is 18.9 Å². The summed E-state index contributed by atoms with van der Waals surface area (Å²) in [4.78, 5) is 18.4. The smallest absolute Gasteiger partial charge is 0.221 e. The first-order valence-electron chi connectivity index (χ1n) is 12.0. The molecule has 1 aliphatic heterocycles. The summed E-state index contributed by atoms with van der Waals surface area (Å²) in [6.07, 6.45) is 0. The molecule has 1 aliphatic rings. The second-order valence-corrected chi connectivity index (χ2v) is 9.06. The molecule has 0 unspecified atom stereocenters. The molecule has 10 bridgehead atoms. The number of aromatic nitrogens is 4. The second-order valence-electron chi connectivity index (χ2n) is 9.06. The van der Waals surface area contributed by atoms with Gasteiger partial charge in [0.25, 0.3) is 0 Å². The van der Waals surface area contributed by atoms with E-state index in [9.17, 15) is 0 Å². The molecular weight excluding hydrogens is 480 g/mol. The number of nitrogens with zero attached hydrogens (tertiary/aromatic N) is 4. The Balaban J connectivity index is 1.38. The van der Waals surface area contributed by atoms with Gasteiger partial charge in [-0.05, 0) is 73.5 Å². The van der Waals surface area contributed by atoms with Crippen molar-refractivity contribution in [3.63, 3.8) is 0 Å². The number of fused-ring (bicyclic) bond motifs is 8. The van der Waals surface area contributed by atoms with Crippen molar-refractivity contribution in [3.8, 4) is 46.5 Å². The number of benzene rings is 2. The highest BCUT2D eigenvalue weighted by atomic mass is 16.5. The summed E-state index contributed by atoms with van der Waals surface area (Å²) in [7, 11) is 0. The van der Waals surface area contributed by atoms with Gasteiger partial charge in [-0.1, -0.05) is 0 Å². The van der Waals surface area contributed by atoms with Crippen LogP contribution in [0.25, 0.3) is 22.1 Å². The highest BCUT2D eigenvalue weighted by molar-refractivity contribution is 5.76. The van der Waals surface area contributed by atoms with Crippen LogP contribution in [-0.2, 0) is 0 Å². The molecule has 0 atom stereocenters. The molecule has 8 nitrogen and oxygen atoms in total. The van der Waals surface area contributed by atoms with E-state index >= 15 is 0 Å². The molecule has 184 valence electrons. The highest BCUT2D eigenvalue weighted by Gasteiger charge is 2.11. The third-order valence-corrected chi connectivity index (χ3v) is 5.94. The Bertz CT molecular complexity index is 1620. The quantitative estimate of drug-likeness (QED) is 0.210. The summed E-state index contributed by atoms with van der Waals surface area (Å²) in [5, 5.41) is 1.72. The molecule has 4 aromatic heterocycles. The lowest BCUT2D eigenvalue weighted by Gasteiger charge is -2.12. The summed E-state index contributed by atoms with van der Waals surface area (Å²) in [5.74, 6) is 3.93. The van der Waals surface area contributed by atoms with Crippen LogP contribution in [0.2, 0.25) is 0 Å². The summed E-state index contributed by atoms with van der Waals surface area (Å²) in [5.41, 5.74) is 2.92. The first kappa shape index (κ1) is 22.0. The molecular formula is C30H20N4O4. The van der Waals surface area contributed by atoms with Crippen molar-refractivity contribution in [2.75, 3.05) is 0 Å². The van der Waals surface area contributed by atoms with E-state index in [4.69, 9.17) is 18.9 Å². The molecule has 0 aliphatic carbocycles. The number of hydrogen-bond donors (Lipinski definition) is 0. The highest BCUT2D eigenvalue weighted by Crippen LogP contribution is 2.33. The predicted molar refractivity (Wildman–Crippen MR) is 142 cm³/mol. The number of hydrogen-bond acceptors (Lipinski definition) is 8. The molecule has 0 spiro atoms. The number of aryl methyl sites for hydroxylation is 2. The Morgan fingerprint density at radius 3 is 0.974 bits per heavy atom. The maximum atomic E-state index is 6.09. The van der Waals surface area contributed by atoms with Gasteiger partial charge in [-0.15, -0.1) is 0 Å². The zero-order valence-corrected chi connectivity index (χ0v) is 20.5. The van der Waals surface area contributed by atoms with Gasteiger partial charge in [-0.2, -0.15) is 19.9 Å². The van der Waals surface area contributed by atoms with Crippen molar-refractivity contribution < 1.29 is 18.9 Å². The molecule has 0 saturated carbocycles. The second kappa shape index (κ2) is 8.70. The largest absolute Gasteiger partial charge is 0.439 e. The summed E-state index contributed by atoms with van der Waals surface area (Å²) in [6.45, 7) is 3.93. The van der Waals surface area contributed by atoms with E-state index in [0.717, 1.165) is 21.9 Å². The van der Waals surface area contributed by atoms with E-state index in [1.165, 1.54) is 0 Å². The van der Waals surface area contributed by atoms with Gasteiger partial charge in [-0.25, -0.2) is 0 Å². The fraction of sp³-hybridized carbons (Fsp3) is 0.0667. The van der Waals surface area contributed by atoms with Crippen molar-refractivity contribution in [3.05, 3.63) is 96.1 Å². The van der Waals surface area contributed by atoms with Crippen molar-refractivity contribution in [1.82, 2.24) is 19.9 Å². The van der Waals surface area contributed by atoms with Crippen LogP contribution in [0.1, 0.15) is 11.1 Å². The number of ether oxygens (including phenoxy) is 4. The van der Waals surface area contributed by atoms with Crippen LogP contribution >= 0.6 is 0 Å². The minimum atomic E-state index is 0.403. The van der Waals surface area contributed by atoms with Gasteiger partial charge in [-0.3, -0.25) is 0 Å². The fourth-order valence-electron chi connectivity index (χ4n) is 4.30. The van der Waals surface area contributed by atoms with Crippen LogP contribution in [0.3, 0.4) is 0 Å². The van der Waals surface area contributed by atoms with Gasteiger partial charge in [0.1, 0.15) is 23.0 Å². The van der Waals surface area contributed by atoms with Crippen LogP contribution in [-0.4, -0.2) is 19.9 Å². The summed E-state index contributed by atoms with van der Waals surface area (Å²) < 4.78 is 24.4. The van der Waals surface area contributed by atoms with Crippen molar-refractivity contribution in [1.29, 1.82) is 0 Å². The average molecular weight is 501 g/mol. The molecule has 0 saturated heterocycles. The Kier molecular flexibility index (Phi) is 5.04. The van der Waals surface area contributed by atoms with Gasteiger partial charge in [0.15, 0.2) is 11.3 Å². The van der Waals surface area contributed by atoms with E-state index in [1.54, 1.807) is 36.4 Å². The number of pyridine rings is 4. The maximum Gasteiger partial charge on any atom is 0.221 e. The van der Waals surface area contributed by atoms with Crippen LogP contribution in [0.15, 0.2) is 84.9 Å². The van der Waals surface area contributed by atoms with Crippen LogP contribution in [0.5, 0.6) is 46.5 Å². The van der Waals surface area contributed by atoms with Crippen LogP contribution in [0.4, 0.5) is 0 Å². The van der Waals surface area contributed by atoms with Gasteiger partial charge in [0, 0.05) is 47.2 Å². The third-order valence-electron chi connectivity index (χ3n) is 5.94. The van der Waals surface area contributed by atoms with Gasteiger partial charge < -0.3 is 18.9 Å². The van der Waals surface area contributed by atoms with E-state index in [0.29, 0.717) is 57.8 Å². The minimum Gasteiger partial charge on any atom is -0.439 e. The zero-order chi connectivity index (χ0) is 25.6. The predicted octanol–water partition coefficient (Wildman–Crippen LogP) is 7.67. The standard InChI is InChI=1S/C30H20N4O4/c1-17-11-21-15-22(12-17)36-26-8-4-20-6-10-28(34-30(20)32-26)38-24-14-18(2)13-23(16-24)37-27-9-5-19-3-7-25(35-21)31-29(19)33-27/h3-16H,1-2H3. The Morgan fingerprint density at radius 1 is 0.395 bits per heavy atom. The molecule has 6 aromatic rings. The van der Waals surface area contributed by atoms with Gasteiger partial charge >= 0.3 is 0 Å². The van der Waals surface area contributed by atoms with Crippen molar-refractivity contribution in [2.24, 2.45) is 0 Å². The van der Waals surface area contributed by atoms with Crippen molar-refractivity contribution in [2.45, 2.75) is 13.8 Å². The SMILES string of the molecule is Cc1cc2cc(c1)Oc1ccc3ccc(nc3n1)Oc1cc(C)cc(c1)Oc1ccc3ccc(nc3n1)O2. The maximum absolute atomic E-state index is 6.09. The van der Waals surface area contributed by atoms with E-state index < -0.39 is 0 Å². The monoisotopic (exact) mass is 500 g/mol. The summed E-state index contributed by atoms with van der Waals surface area (Å²) in [6, 6.07) is 26.1. The molecule has 38 heavy (non-hydrogen) atoms. The third kappa shape index (κ3) is 4.39. The summed E-state index contributed by atoms with van der Waals surface area (Å²) >= 11 is 0. The molecule has 7 rings (SSSR count). The van der Waals surface area contributed by atoms with Gasteiger partial charge in [0.05, 0.1) is 0 Å². The van der Waals surface area contributed by atoms with E-state index in [2.05, 4.69) is 19.9 Å². The minimum absolute atomic E-state index is 0.403. The Labute approximate surface area is 217 Å². The average Bonchev–Trinajstić information content (AvgIpc) is 2.87. The lowest BCUT2D eigenvalue weighted by molar-refractivity contribution is 0.438. The Hall–Kier alpha value is -5.24. The lowest BCUT2D eigenvalue weighted by Crippen LogP contribution is -1.96. The van der Waals surface area contributed by atoms with Crippen molar-refractivity contribution >= 4 is 22.1 Å². The molecule has 8 heteroatoms. The molecule has 2 aromatic carbocycles. The molecule has 0 radical (unpaired) electrons. The number of rotatable bonds is 0. The first-order valence-corrected chi connectivity index (χ1v) is 12.0. The molecule has 5 heterocycles. The molecule has 0 amide bonds. The lowest BCUT2D eigenvalue weighted by atomic mass is 10.2. The van der Waals surface area contributed by atoms with E-state index in [-0.39, 0.29) is 0 Å². The molecule has 0 N–H and O–H groups in total.